The van der Waals surface area contributed by atoms with E-state index in [1.807, 2.05) is 81.4 Å². The summed E-state index contributed by atoms with van der Waals surface area (Å²) < 4.78 is 13.3. The molecule has 0 spiro atoms. The van der Waals surface area contributed by atoms with Gasteiger partial charge in [0, 0.05) is 12.1 Å². The van der Waals surface area contributed by atoms with E-state index in [-0.39, 0.29) is 11.9 Å². The summed E-state index contributed by atoms with van der Waals surface area (Å²) in [5.41, 5.74) is 4.76. The van der Waals surface area contributed by atoms with Crippen molar-refractivity contribution in [1.29, 1.82) is 0 Å². The highest BCUT2D eigenvalue weighted by atomic mass is 16.5. The molecule has 4 rings (SSSR count). The summed E-state index contributed by atoms with van der Waals surface area (Å²) in [5.74, 6) is 2.36. The standard InChI is InChI=1S/C28H31N3O3/c1-19-10-15-24(20(2)18-19)28(32)29-21(3)27-30-25-8-5-6-9-26(25)31(27)16-7-17-34-23-13-11-22(33-4)12-14-23/h5-6,8-15,18,21H,7,16-17H2,1-4H3,(H,29,32). The number of hydrogen-bond donors (Lipinski definition) is 1. The van der Waals surface area contributed by atoms with E-state index >= 15 is 0 Å². The van der Waals surface area contributed by atoms with Crippen LogP contribution < -0.4 is 14.8 Å². The van der Waals surface area contributed by atoms with E-state index in [0.29, 0.717) is 12.2 Å². The van der Waals surface area contributed by atoms with E-state index in [1.165, 1.54) is 0 Å². The van der Waals surface area contributed by atoms with Crippen molar-refractivity contribution in [2.75, 3.05) is 13.7 Å². The number of aromatic nitrogens is 2. The second-order valence-corrected chi connectivity index (χ2v) is 8.50. The van der Waals surface area contributed by atoms with Crippen molar-refractivity contribution in [2.24, 2.45) is 0 Å². The summed E-state index contributed by atoms with van der Waals surface area (Å²) in [5, 5.41) is 3.14. The molecule has 1 atom stereocenters. The first-order valence-corrected chi connectivity index (χ1v) is 11.6. The van der Waals surface area contributed by atoms with Gasteiger partial charge in [0.1, 0.15) is 17.3 Å². The Morgan fingerprint density at radius 2 is 1.76 bits per heavy atom. The average Bonchev–Trinajstić information content (AvgIpc) is 3.21. The maximum atomic E-state index is 13.0. The van der Waals surface area contributed by atoms with Gasteiger partial charge in [-0.1, -0.05) is 29.8 Å². The molecule has 1 unspecified atom stereocenters. The molecule has 6 heteroatoms. The molecule has 1 heterocycles. The second kappa shape index (κ2) is 10.4. The molecule has 176 valence electrons. The van der Waals surface area contributed by atoms with Crippen molar-refractivity contribution in [2.45, 2.75) is 39.8 Å². The second-order valence-electron chi connectivity index (χ2n) is 8.50. The van der Waals surface area contributed by atoms with Crippen molar-refractivity contribution in [3.05, 3.63) is 89.2 Å². The van der Waals surface area contributed by atoms with Crippen molar-refractivity contribution < 1.29 is 14.3 Å². The van der Waals surface area contributed by atoms with E-state index in [0.717, 1.165) is 52.4 Å². The predicted octanol–water partition coefficient (Wildman–Crippen LogP) is 5.62. The number of methoxy groups -OCH3 is 1. The first-order valence-electron chi connectivity index (χ1n) is 11.6. The third kappa shape index (κ3) is 5.22. The quantitative estimate of drug-likeness (QED) is 0.331. The Morgan fingerprint density at radius 1 is 1.03 bits per heavy atom. The van der Waals surface area contributed by atoms with Gasteiger partial charge in [-0.25, -0.2) is 4.98 Å². The zero-order chi connectivity index (χ0) is 24.1. The van der Waals surface area contributed by atoms with Crippen LogP contribution in [0.1, 0.15) is 46.7 Å². The minimum Gasteiger partial charge on any atom is -0.497 e. The molecule has 0 saturated heterocycles. The van der Waals surface area contributed by atoms with Gasteiger partial charge in [-0.15, -0.1) is 0 Å². The van der Waals surface area contributed by atoms with E-state index in [2.05, 4.69) is 16.0 Å². The number of ether oxygens (including phenoxy) is 2. The molecule has 3 aromatic carbocycles. The van der Waals surface area contributed by atoms with E-state index in [1.54, 1.807) is 7.11 Å². The number of benzene rings is 3. The predicted molar refractivity (Wildman–Crippen MR) is 135 cm³/mol. The molecule has 6 nitrogen and oxygen atoms in total. The van der Waals surface area contributed by atoms with Crippen LogP contribution in [0, 0.1) is 13.8 Å². The summed E-state index contributed by atoms with van der Waals surface area (Å²) in [4.78, 5) is 17.8. The van der Waals surface area contributed by atoms with Crippen LogP contribution in [0.5, 0.6) is 11.5 Å². The van der Waals surface area contributed by atoms with Crippen LogP contribution in [0.15, 0.2) is 66.7 Å². The summed E-state index contributed by atoms with van der Waals surface area (Å²) >= 11 is 0. The number of imidazole rings is 1. The molecule has 1 amide bonds. The molecule has 1 N–H and O–H groups in total. The average molecular weight is 458 g/mol. The van der Waals surface area contributed by atoms with Crippen molar-refractivity contribution in [3.63, 3.8) is 0 Å². The number of para-hydroxylation sites is 2. The molecular formula is C28H31N3O3. The van der Waals surface area contributed by atoms with Crippen molar-refractivity contribution in [3.8, 4) is 11.5 Å². The maximum absolute atomic E-state index is 13.0. The highest BCUT2D eigenvalue weighted by Crippen LogP contribution is 2.23. The van der Waals surface area contributed by atoms with Crippen LogP contribution in [-0.2, 0) is 6.54 Å². The Morgan fingerprint density at radius 3 is 2.50 bits per heavy atom. The lowest BCUT2D eigenvalue weighted by molar-refractivity contribution is 0.0937. The smallest absolute Gasteiger partial charge is 0.252 e. The minimum atomic E-state index is -0.247. The van der Waals surface area contributed by atoms with Gasteiger partial charge >= 0.3 is 0 Å². The zero-order valence-corrected chi connectivity index (χ0v) is 20.2. The van der Waals surface area contributed by atoms with Crippen LogP contribution >= 0.6 is 0 Å². The van der Waals surface area contributed by atoms with Gasteiger partial charge < -0.3 is 19.4 Å². The summed E-state index contributed by atoms with van der Waals surface area (Å²) in [6.07, 6.45) is 0.803. The maximum Gasteiger partial charge on any atom is 0.252 e. The van der Waals surface area contributed by atoms with Gasteiger partial charge in [-0.05, 0) is 75.2 Å². The topological polar surface area (TPSA) is 65.4 Å². The van der Waals surface area contributed by atoms with Gasteiger partial charge in [-0.2, -0.15) is 0 Å². The molecule has 4 aromatic rings. The highest BCUT2D eigenvalue weighted by molar-refractivity contribution is 5.96. The summed E-state index contributed by atoms with van der Waals surface area (Å²) in [7, 11) is 1.65. The number of fused-ring (bicyclic) bond motifs is 1. The number of carbonyl (C=O) groups excluding carboxylic acids is 1. The van der Waals surface area contributed by atoms with Gasteiger partial charge in [0.25, 0.3) is 5.91 Å². The molecule has 0 aliphatic rings. The van der Waals surface area contributed by atoms with Crippen LogP contribution in [0.4, 0.5) is 0 Å². The van der Waals surface area contributed by atoms with E-state index in [9.17, 15) is 4.79 Å². The Bertz CT molecular complexity index is 1280. The molecule has 0 aliphatic heterocycles. The molecule has 0 radical (unpaired) electrons. The van der Waals surface area contributed by atoms with Crippen LogP contribution in [0.25, 0.3) is 11.0 Å². The van der Waals surface area contributed by atoms with Gasteiger partial charge in [-0.3, -0.25) is 4.79 Å². The molecule has 0 aliphatic carbocycles. The largest absolute Gasteiger partial charge is 0.497 e. The van der Waals surface area contributed by atoms with Crippen LogP contribution in [-0.4, -0.2) is 29.2 Å². The molecule has 34 heavy (non-hydrogen) atoms. The molecule has 1 aromatic heterocycles. The summed E-state index contributed by atoms with van der Waals surface area (Å²) in [6.45, 7) is 7.27. The lowest BCUT2D eigenvalue weighted by Crippen LogP contribution is -2.29. The number of nitrogens with zero attached hydrogens (tertiary/aromatic N) is 2. The van der Waals surface area contributed by atoms with Crippen LogP contribution in [0.3, 0.4) is 0 Å². The van der Waals surface area contributed by atoms with Crippen molar-refractivity contribution >= 4 is 16.9 Å². The lowest BCUT2D eigenvalue weighted by atomic mass is 10.0. The zero-order valence-electron chi connectivity index (χ0n) is 20.2. The normalized spacial score (nSPS) is 11.9. The number of amides is 1. The van der Waals surface area contributed by atoms with Gasteiger partial charge in [0.2, 0.25) is 0 Å². The minimum absolute atomic E-state index is 0.0913. The Kier molecular flexibility index (Phi) is 7.16. The SMILES string of the molecule is COc1ccc(OCCCn2c(C(C)NC(=O)c3ccc(C)cc3C)nc3ccccc32)cc1. The Labute approximate surface area is 200 Å². The number of hydrogen-bond acceptors (Lipinski definition) is 4. The number of carbonyl (C=O) groups is 1. The van der Waals surface area contributed by atoms with Gasteiger partial charge in [0.05, 0.1) is 30.8 Å². The monoisotopic (exact) mass is 457 g/mol. The molecule has 0 bridgehead atoms. The highest BCUT2D eigenvalue weighted by Gasteiger charge is 2.19. The Hall–Kier alpha value is -3.80. The Balaban J connectivity index is 1.47. The first kappa shape index (κ1) is 23.4. The number of aryl methyl sites for hydroxylation is 3. The fourth-order valence-corrected chi connectivity index (χ4v) is 4.15. The van der Waals surface area contributed by atoms with Crippen molar-refractivity contribution in [1.82, 2.24) is 14.9 Å². The van der Waals surface area contributed by atoms with E-state index < -0.39 is 0 Å². The molecule has 0 saturated carbocycles. The number of nitrogens with one attached hydrogen (secondary N) is 1. The fourth-order valence-electron chi connectivity index (χ4n) is 4.15. The lowest BCUT2D eigenvalue weighted by Gasteiger charge is -2.17. The molecule has 0 fully saturated rings. The first-order chi connectivity index (χ1) is 16.5. The third-order valence-electron chi connectivity index (χ3n) is 5.90. The molecular weight excluding hydrogens is 426 g/mol. The third-order valence-corrected chi connectivity index (χ3v) is 5.90. The van der Waals surface area contributed by atoms with Crippen LogP contribution in [0.2, 0.25) is 0 Å². The van der Waals surface area contributed by atoms with Gasteiger partial charge in [0.15, 0.2) is 0 Å². The fraction of sp³-hybridized carbons (Fsp3) is 0.286. The number of rotatable bonds is 9. The summed E-state index contributed by atoms with van der Waals surface area (Å²) in [6, 6.07) is 21.3. The van der Waals surface area contributed by atoms with E-state index in [4.69, 9.17) is 14.5 Å².